The Labute approximate surface area is 176 Å². The van der Waals surface area contributed by atoms with E-state index < -0.39 is 19.7 Å². The molecular weight excluding hydrogens is 424 g/mol. The summed E-state index contributed by atoms with van der Waals surface area (Å²) in [5.74, 6) is 0.783. The Kier molecular flexibility index (Phi) is 5.09. The summed E-state index contributed by atoms with van der Waals surface area (Å²) in [6.45, 7) is 4.06. The predicted molar refractivity (Wildman–Crippen MR) is 115 cm³/mol. The van der Waals surface area contributed by atoms with Crippen LogP contribution in [0.25, 0.3) is 11.0 Å². The molecule has 1 aliphatic rings. The molecule has 0 saturated carbocycles. The van der Waals surface area contributed by atoms with Gasteiger partial charge in [-0.3, -0.25) is 0 Å². The highest BCUT2D eigenvalue weighted by Gasteiger charge is 2.26. The number of nitrogens with zero attached hydrogens (tertiary/aromatic N) is 2. The van der Waals surface area contributed by atoms with Gasteiger partial charge in [0.05, 0.1) is 22.1 Å². The zero-order chi connectivity index (χ0) is 21.7. The van der Waals surface area contributed by atoms with E-state index in [0.717, 1.165) is 23.8 Å². The Bertz CT molecular complexity index is 1330. The van der Waals surface area contributed by atoms with Gasteiger partial charge >= 0.3 is 0 Å². The molecule has 4 rings (SSSR count). The number of hydrogen-bond donors (Lipinski definition) is 2. The monoisotopic (exact) mass is 448 g/mol. The van der Waals surface area contributed by atoms with Crippen LogP contribution in [0.2, 0.25) is 0 Å². The number of sulfone groups is 2. The third-order valence-corrected chi connectivity index (χ3v) is 8.30. The highest BCUT2D eigenvalue weighted by Crippen LogP contribution is 2.33. The number of H-pyrrole nitrogens is 1. The zero-order valence-electron chi connectivity index (χ0n) is 17.0. The van der Waals surface area contributed by atoms with Crippen molar-refractivity contribution in [3.05, 3.63) is 41.7 Å². The predicted octanol–water partition coefficient (Wildman–Crippen LogP) is 2.89. The number of aromatic nitrogens is 3. The van der Waals surface area contributed by atoms with E-state index >= 15 is 0 Å². The van der Waals surface area contributed by atoms with E-state index in [1.807, 2.05) is 26.0 Å². The molecule has 0 spiro atoms. The number of anilines is 1. The van der Waals surface area contributed by atoms with Gasteiger partial charge in [-0.2, -0.15) is 0 Å². The van der Waals surface area contributed by atoms with Crippen molar-refractivity contribution in [2.45, 2.75) is 42.7 Å². The molecular formula is C20H24N4O4S2. The lowest BCUT2D eigenvalue weighted by Crippen LogP contribution is -2.20. The second kappa shape index (κ2) is 7.35. The molecule has 0 saturated heterocycles. The van der Waals surface area contributed by atoms with Gasteiger partial charge in [-0.25, -0.2) is 26.8 Å². The standard InChI is InChI=1S/C20H24N4O4S2/c1-12(2)18(14-7-6-13-5-4-8-30(27,28)16(13)9-14)24-20-15-10-17(29(3,25)26)23-19(15)21-11-22-20/h6-7,9-12,18H,4-5,8H2,1-3H3,(H2,21,22,23,24)/t18-/m0/s1. The minimum absolute atomic E-state index is 0.0713. The lowest BCUT2D eigenvalue weighted by atomic mass is 9.94. The normalized spacial score (nSPS) is 17.1. The van der Waals surface area contributed by atoms with E-state index in [2.05, 4.69) is 20.3 Å². The van der Waals surface area contributed by atoms with Gasteiger partial charge < -0.3 is 10.3 Å². The summed E-state index contributed by atoms with van der Waals surface area (Å²) in [7, 11) is -6.69. The topological polar surface area (TPSA) is 122 Å². The number of aromatic amines is 1. The second-order valence-electron chi connectivity index (χ2n) is 8.05. The number of benzene rings is 1. The molecule has 2 N–H and O–H groups in total. The van der Waals surface area contributed by atoms with Gasteiger partial charge in [0.15, 0.2) is 19.7 Å². The van der Waals surface area contributed by atoms with Gasteiger partial charge in [0.25, 0.3) is 0 Å². The third-order valence-electron chi connectivity index (χ3n) is 5.40. The Morgan fingerprint density at radius 1 is 1.17 bits per heavy atom. The summed E-state index contributed by atoms with van der Waals surface area (Å²) in [5, 5.41) is 4.01. The largest absolute Gasteiger partial charge is 0.362 e. The number of aryl methyl sites for hydroxylation is 1. The minimum Gasteiger partial charge on any atom is -0.362 e. The van der Waals surface area contributed by atoms with Crippen LogP contribution in [-0.2, 0) is 26.1 Å². The number of fused-ring (bicyclic) bond motifs is 2. The minimum atomic E-state index is -3.42. The van der Waals surface area contributed by atoms with Gasteiger partial charge in [0.2, 0.25) is 0 Å². The summed E-state index contributed by atoms with van der Waals surface area (Å²) in [6, 6.07) is 6.91. The summed E-state index contributed by atoms with van der Waals surface area (Å²) in [4.78, 5) is 11.7. The fourth-order valence-electron chi connectivity index (χ4n) is 3.84. The Morgan fingerprint density at radius 2 is 1.93 bits per heavy atom. The fraction of sp³-hybridized carbons (Fsp3) is 0.400. The molecule has 30 heavy (non-hydrogen) atoms. The Hall–Kier alpha value is -2.46. The van der Waals surface area contributed by atoms with Crippen LogP contribution in [0, 0.1) is 5.92 Å². The SMILES string of the molecule is CC(C)[C@H](Nc1ncnc2[nH]c(S(C)(=O)=O)cc12)c1ccc2c(c1)S(=O)(=O)CCC2. The molecule has 1 aromatic carbocycles. The maximum Gasteiger partial charge on any atom is 0.190 e. The molecule has 2 aromatic heterocycles. The van der Waals surface area contributed by atoms with Crippen LogP contribution in [0.4, 0.5) is 5.82 Å². The molecule has 0 amide bonds. The molecule has 0 fully saturated rings. The van der Waals surface area contributed by atoms with E-state index in [1.165, 1.54) is 12.4 Å². The first-order valence-electron chi connectivity index (χ1n) is 9.72. The van der Waals surface area contributed by atoms with E-state index in [1.54, 1.807) is 6.07 Å². The molecule has 10 heteroatoms. The maximum absolute atomic E-state index is 12.5. The fourth-order valence-corrected chi connectivity index (χ4v) is 6.08. The first kappa shape index (κ1) is 20.8. The number of hydrogen-bond acceptors (Lipinski definition) is 7. The van der Waals surface area contributed by atoms with Crippen molar-refractivity contribution in [3.8, 4) is 0 Å². The van der Waals surface area contributed by atoms with Crippen LogP contribution in [-0.4, -0.2) is 43.8 Å². The van der Waals surface area contributed by atoms with Crippen LogP contribution in [0.1, 0.15) is 37.4 Å². The van der Waals surface area contributed by atoms with Gasteiger partial charge in [-0.1, -0.05) is 26.0 Å². The van der Waals surface area contributed by atoms with Crippen molar-refractivity contribution in [2.24, 2.45) is 5.92 Å². The summed E-state index contributed by atoms with van der Waals surface area (Å²) >= 11 is 0. The molecule has 0 unspecified atom stereocenters. The van der Waals surface area contributed by atoms with Gasteiger partial charge in [0.1, 0.15) is 22.8 Å². The number of rotatable bonds is 5. The average Bonchev–Trinajstić information content (AvgIpc) is 3.11. The molecule has 3 aromatic rings. The molecule has 1 atom stereocenters. The zero-order valence-corrected chi connectivity index (χ0v) is 18.6. The maximum atomic E-state index is 12.5. The Balaban J connectivity index is 1.77. The first-order valence-corrected chi connectivity index (χ1v) is 13.3. The summed E-state index contributed by atoms with van der Waals surface area (Å²) in [6.07, 6.45) is 3.90. The van der Waals surface area contributed by atoms with Crippen molar-refractivity contribution in [3.63, 3.8) is 0 Å². The van der Waals surface area contributed by atoms with Gasteiger partial charge in [-0.05, 0) is 42.0 Å². The molecule has 1 aliphatic heterocycles. The molecule has 3 heterocycles. The third kappa shape index (κ3) is 3.81. The van der Waals surface area contributed by atoms with Crippen molar-refractivity contribution in [2.75, 3.05) is 17.3 Å². The molecule has 0 aliphatic carbocycles. The molecule has 8 nitrogen and oxygen atoms in total. The smallest absolute Gasteiger partial charge is 0.190 e. The quantitative estimate of drug-likeness (QED) is 0.615. The van der Waals surface area contributed by atoms with Crippen LogP contribution >= 0.6 is 0 Å². The average molecular weight is 449 g/mol. The Morgan fingerprint density at radius 3 is 2.63 bits per heavy atom. The van der Waals surface area contributed by atoms with E-state index in [-0.39, 0.29) is 22.7 Å². The van der Waals surface area contributed by atoms with Crippen molar-refractivity contribution < 1.29 is 16.8 Å². The highest BCUT2D eigenvalue weighted by molar-refractivity contribution is 7.91. The second-order valence-corrected chi connectivity index (χ2v) is 12.1. The lowest BCUT2D eigenvalue weighted by molar-refractivity contribution is 0.542. The number of nitrogens with one attached hydrogen (secondary N) is 2. The van der Waals surface area contributed by atoms with Crippen LogP contribution in [0.3, 0.4) is 0 Å². The van der Waals surface area contributed by atoms with Crippen molar-refractivity contribution in [1.29, 1.82) is 0 Å². The molecule has 0 bridgehead atoms. The molecule has 0 radical (unpaired) electrons. The van der Waals surface area contributed by atoms with Crippen molar-refractivity contribution in [1.82, 2.24) is 15.0 Å². The van der Waals surface area contributed by atoms with E-state index in [9.17, 15) is 16.8 Å². The van der Waals surface area contributed by atoms with Gasteiger partial charge in [-0.15, -0.1) is 0 Å². The van der Waals surface area contributed by atoms with E-state index in [0.29, 0.717) is 28.2 Å². The summed E-state index contributed by atoms with van der Waals surface area (Å²) in [5.41, 5.74) is 2.13. The summed E-state index contributed by atoms with van der Waals surface area (Å²) < 4.78 is 48.9. The van der Waals surface area contributed by atoms with Crippen LogP contribution < -0.4 is 5.32 Å². The van der Waals surface area contributed by atoms with Crippen LogP contribution in [0.15, 0.2) is 40.5 Å². The van der Waals surface area contributed by atoms with Gasteiger partial charge in [0, 0.05) is 6.26 Å². The van der Waals surface area contributed by atoms with Crippen molar-refractivity contribution >= 4 is 36.5 Å². The molecule has 160 valence electrons. The lowest BCUT2D eigenvalue weighted by Gasteiger charge is -2.26. The highest BCUT2D eigenvalue weighted by atomic mass is 32.2. The van der Waals surface area contributed by atoms with Crippen LogP contribution in [0.5, 0.6) is 0 Å². The first-order chi connectivity index (χ1) is 14.1. The van der Waals surface area contributed by atoms with E-state index in [4.69, 9.17) is 0 Å².